The topological polar surface area (TPSA) is 92.5 Å². The van der Waals surface area contributed by atoms with Gasteiger partial charge in [0.05, 0.1) is 10.6 Å². The molecule has 0 aromatic heterocycles. The molecule has 0 fully saturated rings. The summed E-state index contributed by atoms with van der Waals surface area (Å²) in [5.74, 6) is -1.81. The zero-order chi connectivity index (χ0) is 15.6. The predicted octanol–water partition coefficient (Wildman–Crippen LogP) is 3.00. The summed E-state index contributed by atoms with van der Waals surface area (Å²) in [6.45, 7) is 1.59. The number of benzene rings is 2. The van der Waals surface area contributed by atoms with E-state index in [0.717, 1.165) is 18.2 Å². The van der Waals surface area contributed by atoms with E-state index in [0.29, 0.717) is 5.56 Å². The second kappa shape index (κ2) is 5.58. The van der Waals surface area contributed by atoms with E-state index in [1.165, 1.54) is 12.1 Å². The molecule has 0 radical (unpaired) electrons. The van der Waals surface area contributed by atoms with Gasteiger partial charge < -0.3 is 10.4 Å². The van der Waals surface area contributed by atoms with E-state index in [9.17, 15) is 24.4 Å². The Labute approximate surface area is 119 Å². The molecule has 0 aliphatic heterocycles. The molecule has 1 amide bonds. The van der Waals surface area contributed by atoms with Crippen LogP contribution in [0.3, 0.4) is 0 Å². The number of hydrogen-bond donors (Lipinski definition) is 2. The summed E-state index contributed by atoms with van der Waals surface area (Å²) in [6.07, 6.45) is 0. The van der Waals surface area contributed by atoms with Gasteiger partial charge in [0.1, 0.15) is 17.1 Å². The number of halogens is 1. The highest BCUT2D eigenvalue weighted by Crippen LogP contribution is 2.26. The third-order valence-electron chi connectivity index (χ3n) is 2.88. The summed E-state index contributed by atoms with van der Waals surface area (Å²) in [4.78, 5) is 22.2. The van der Waals surface area contributed by atoms with Gasteiger partial charge in [-0.2, -0.15) is 0 Å². The second-order valence-electron chi connectivity index (χ2n) is 4.34. The number of nitrogens with one attached hydrogen (secondary N) is 1. The fraction of sp³-hybridized carbons (Fsp3) is 0.0714. The summed E-state index contributed by atoms with van der Waals surface area (Å²) >= 11 is 0. The average Bonchev–Trinajstić information content (AvgIpc) is 2.42. The fourth-order valence-electron chi connectivity index (χ4n) is 1.84. The zero-order valence-corrected chi connectivity index (χ0v) is 11.0. The number of phenols is 1. The number of aromatic hydroxyl groups is 1. The largest absolute Gasteiger partial charge is 0.508 e. The summed E-state index contributed by atoms with van der Waals surface area (Å²) in [6, 6.07) is 7.32. The van der Waals surface area contributed by atoms with Crippen molar-refractivity contribution in [3.8, 4) is 5.75 Å². The summed E-state index contributed by atoms with van der Waals surface area (Å²) in [5.41, 5.74) is -0.395. The maximum absolute atomic E-state index is 13.7. The molecule has 0 aliphatic carbocycles. The Morgan fingerprint density at radius 2 is 2.05 bits per heavy atom. The molecular formula is C14H11FN2O4. The van der Waals surface area contributed by atoms with Crippen molar-refractivity contribution in [3.63, 3.8) is 0 Å². The number of aryl methyl sites for hydroxylation is 1. The fourth-order valence-corrected chi connectivity index (χ4v) is 1.84. The lowest BCUT2D eigenvalue weighted by Crippen LogP contribution is -2.15. The van der Waals surface area contributed by atoms with Crippen molar-refractivity contribution in [2.24, 2.45) is 0 Å². The molecule has 2 aromatic rings. The van der Waals surface area contributed by atoms with Gasteiger partial charge in [-0.3, -0.25) is 14.9 Å². The first-order valence-electron chi connectivity index (χ1n) is 5.94. The lowest BCUT2D eigenvalue weighted by atomic mass is 10.1. The lowest BCUT2D eigenvalue weighted by Gasteiger charge is -2.09. The number of carbonyl (C=O) groups excluding carboxylic acids is 1. The molecule has 0 atom stereocenters. The maximum Gasteiger partial charge on any atom is 0.282 e. The minimum Gasteiger partial charge on any atom is -0.508 e. The van der Waals surface area contributed by atoms with Gasteiger partial charge in [0.2, 0.25) is 0 Å². The Balaban J connectivity index is 2.41. The van der Waals surface area contributed by atoms with E-state index in [-0.39, 0.29) is 17.0 Å². The molecule has 0 aliphatic rings. The summed E-state index contributed by atoms with van der Waals surface area (Å²) in [7, 11) is 0. The van der Waals surface area contributed by atoms with E-state index in [1.807, 2.05) is 0 Å². The van der Waals surface area contributed by atoms with Gasteiger partial charge in [0.25, 0.3) is 11.6 Å². The SMILES string of the molecule is Cc1cccc(F)c1NC(=O)c1cc(O)ccc1[N+](=O)[O-]. The van der Waals surface area contributed by atoms with Gasteiger partial charge in [0, 0.05) is 6.07 Å². The molecule has 2 aromatic carbocycles. The molecule has 6 nitrogen and oxygen atoms in total. The predicted molar refractivity (Wildman–Crippen MR) is 73.9 cm³/mol. The molecule has 108 valence electrons. The van der Waals surface area contributed by atoms with Crippen molar-refractivity contribution < 1.29 is 19.2 Å². The van der Waals surface area contributed by atoms with E-state index >= 15 is 0 Å². The third kappa shape index (κ3) is 2.97. The van der Waals surface area contributed by atoms with Crippen molar-refractivity contribution in [2.45, 2.75) is 6.92 Å². The smallest absolute Gasteiger partial charge is 0.282 e. The number of nitro groups is 1. The van der Waals surface area contributed by atoms with Gasteiger partial charge in [-0.25, -0.2) is 4.39 Å². The first-order valence-corrected chi connectivity index (χ1v) is 5.94. The van der Waals surface area contributed by atoms with Crippen molar-refractivity contribution in [3.05, 3.63) is 63.5 Å². The minimum atomic E-state index is -0.870. The first kappa shape index (κ1) is 14.4. The Morgan fingerprint density at radius 1 is 1.33 bits per heavy atom. The van der Waals surface area contributed by atoms with Crippen LogP contribution in [0, 0.1) is 22.9 Å². The third-order valence-corrected chi connectivity index (χ3v) is 2.88. The van der Waals surface area contributed by atoms with E-state index in [4.69, 9.17) is 0 Å². The molecule has 21 heavy (non-hydrogen) atoms. The molecule has 2 rings (SSSR count). The molecule has 0 bridgehead atoms. The molecule has 2 N–H and O–H groups in total. The molecule has 0 heterocycles. The lowest BCUT2D eigenvalue weighted by molar-refractivity contribution is -0.385. The van der Waals surface area contributed by atoms with Crippen LogP contribution in [-0.2, 0) is 0 Å². The molecule has 0 spiro atoms. The zero-order valence-electron chi connectivity index (χ0n) is 11.0. The number of nitrogens with zero attached hydrogens (tertiary/aromatic N) is 1. The highest BCUT2D eigenvalue weighted by atomic mass is 19.1. The standard InChI is InChI=1S/C14H11FN2O4/c1-8-3-2-4-11(15)13(8)16-14(19)10-7-9(18)5-6-12(10)17(20)21/h2-7,18H,1H3,(H,16,19). The highest BCUT2D eigenvalue weighted by Gasteiger charge is 2.22. The van der Waals surface area contributed by atoms with Gasteiger partial charge in [-0.05, 0) is 30.7 Å². The van der Waals surface area contributed by atoms with Crippen LogP contribution in [-0.4, -0.2) is 15.9 Å². The van der Waals surface area contributed by atoms with Crippen LogP contribution in [0.2, 0.25) is 0 Å². The van der Waals surface area contributed by atoms with Crippen molar-refractivity contribution in [2.75, 3.05) is 5.32 Å². The van der Waals surface area contributed by atoms with Crippen LogP contribution in [0.1, 0.15) is 15.9 Å². The van der Waals surface area contributed by atoms with Crippen molar-refractivity contribution in [1.82, 2.24) is 0 Å². The molecular weight excluding hydrogens is 279 g/mol. The number of phenolic OH excluding ortho intramolecular Hbond substituents is 1. The second-order valence-corrected chi connectivity index (χ2v) is 4.34. The minimum absolute atomic E-state index is 0.0554. The van der Waals surface area contributed by atoms with Crippen LogP contribution >= 0.6 is 0 Å². The molecule has 0 unspecified atom stereocenters. The highest BCUT2D eigenvalue weighted by molar-refractivity contribution is 6.07. The number of carbonyl (C=O) groups is 1. The van der Waals surface area contributed by atoms with E-state index in [1.54, 1.807) is 13.0 Å². The monoisotopic (exact) mass is 290 g/mol. The van der Waals surface area contributed by atoms with Gasteiger partial charge in [0.15, 0.2) is 0 Å². The van der Waals surface area contributed by atoms with Gasteiger partial charge >= 0.3 is 0 Å². The summed E-state index contributed by atoms with van der Waals surface area (Å²) < 4.78 is 13.7. The number of hydrogen-bond acceptors (Lipinski definition) is 4. The van der Waals surface area contributed by atoms with Crippen molar-refractivity contribution in [1.29, 1.82) is 0 Å². The molecule has 7 heteroatoms. The Kier molecular flexibility index (Phi) is 3.84. The number of amides is 1. The summed E-state index contributed by atoms with van der Waals surface area (Å²) in [5, 5.41) is 22.5. The normalized spacial score (nSPS) is 10.2. The van der Waals surface area contributed by atoms with E-state index < -0.39 is 22.3 Å². The average molecular weight is 290 g/mol. The van der Waals surface area contributed by atoms with Crippen molar-refractivity contribution >= 4 is 17.3 Å². The number of nitro benzene ring substituents is 1. The number of anilines is 1. The van der Waals surface area contributed by atoms with Gasteiger partial charge in [-0.15, -0.1) is 0 Å². The Hall–Kier alpha value is -2.96. The first-order chi connectivity index (χ1) is 9.90. The Morgan fingerprint density at radius 3 is 2.67 bits per heavy atom. The van der Waals surface area contributed by atoms with Crippen LogP contribution in [0.5, 0.6) is 5.75 Å². The van der Waals surface area contributed by atoms with Crippen LogP contribution in [0.25, 0.3) is 0 Å². The van der Waals surface area contributed by atoms with Crippen LogP contribution < -0.4 is 5.32 Å². The number of para-hydroxylation sites is 1. The van der Waals surface area contributed by atoms with Crippen LogP contribution in [0.4, 0.5) is 15.8 Å². The number of rotatable bonds is 3. The molecule has 0 saturated heterocycles. The quantitative estimate of drug-likeness (QED) is 0.671. The van der Waals surface area contributed by atoms with Gasteiger partial charge in [-0.1, -0.05) is 12.1 Å². The Bertz CT molecular complexity index is 711. The maximum atomic E-state index is 13.7. The van der Waals surface area contributed by atoms with E-state index in [2.05, 4.69) is 5.32 Å². The van der Waals surface area contributed by atoms with Crippen LogP contribution in [0.15, 0.2) is 36.4 Å². The molecule has 0 saturated carbocycles.